The molecule has 0 saturated carbocycles. The zero-order valence-corrected chi connectivity index (χ0v) is 49.1. The minimum absolute atomic E-state index is 0.0846. The van der Waals surface area contributed by atoms with Crippen molar-refractivity contribution in [3.8, 4) is 0 Å². The summed E-state index contributed by atoms with van der Waals surface area (Å²) in [6, 6.07) is 0. The van der Waals surface area contributed by atoms with Gasteiger partial charge in [-0.25, -0.2) is 0 Å². The fraction of sp³-hybridized carbons (Fsp3) is 0.779. The first-order valence-corrected chi connectivity index (χ1v) is 31.9. The summed E-state index contributed by atoms with van der Waals surface area (Å²) in [4.78, 5) is 38.3. The number of ether oxygens (including phenoxy) is 3. The van der Waals surface area contributed by atoms with Gasteiger partial charge in [0.25, 0.3) is 0 Å². The first-order valence-electron chi connectivity index (χ1n) is 31.9. The van der Waals surface area contributed by atoms with E-state index in [9.17, 15) is 14.4 Å². The van der Waals surface area contributed by atoms with Crippen molar-refractivity contribution in [2.75, 3.05) is 13.2 Å². The quantitative estimate of drug-likeness (QED) is 0.0261. The number of esters is 3. The minimum Gasteiger partial charge on any atom is -0.462 e. The lowest BCUT2D eigenvalue weighted by molar-refractivity contribution is -0.167. The van der Waals surface area contributed by atoms with Crippen LogP contribution < -0.4 is 0 Å². The van der Waals surface area contributed by atoms with Gasteiger partial charge in [-0.3, -0.25) is 14.4 Å². The topological polar surface area (TPSA) is 78.9 Å². The highest BCUT2D eigenvalue weighted by Gasteiger charge is 2.19. The van der Waals surface area contributed by atoms with Crippen molar-refractivity contribution < 1.29 is 28.6 Å². The monoisotopic (exact) mass is 1030 g/mol. The molecule has 0 heterocycles. The molecule has 0 aliphatic carbocycles. The fourth-order valence-corrected chi connectivity index (χ4v) is 9.06. The van der Waals surface area contributed by atoms with Gasteiger partial charge in [0.2, 0.25) is 0 Å². The van der Waals surface area contributed by atoms with Gasteiger partial charge in [-0.15, -0.1) is 0 Å². The van der Waals surface area contributed by atoms with E-state index in [1.165, 1.54) is 186 Å². The third-order valence-corrected chi connectivity index (χ3v) is 13.9. The van der Waals surface area contributed by atoms with Crippen LogP contribution in [0.4, 0.5) is 0 Å². The van der Waals surface area contributed by atoms with Crippen molar-refractivity contribution in [3.63, 3.8) is 0 Å². The Hall–Kier alpha value is -3.15. The molecule has 0 rings (SSSR count). The van der Waals surface area contributed by atoms with Crippen LogP contribution in [0.3, 0.4) is 0 Å². The number of hydrogen-bond donors (Lipinski definition) is 0. The summed E-state index contributed by atoms with van der Waals surface area (Å²) in [5, 5.41) is 0. The van der Waals surface area contributed by atoms with Crippen LogP contribution in [0.25, 0.3) is 0 Å². The summed E-state index contributed by atoms with van der Waals surface area (Å²) < 4.78 is 16.9. The minimum atomic E-state index is -0.789. The van der Waals surface area contributed by atoms with Gasteiger partial charge in [-0.1, -0.05) is 261 Å². The predicted octanol–water partition coefficient (Wildman–Crippen LogP) is 21.7. The Morgan fingerprint density at radius 3 is 0.797 bits per heavy atom. The van der Waals surface area contributed by atoms with Crippen LogP contribution >= 0.6 is 0 Å². The van der Waals surface area contributed by atoms with E-state index in [0.29, 0.717) is 19.3 Å². The predicted molar refractivity (Wildman–Crippen MR) is 321 cm³/mol. The summed E-state index contributed by atoms with van der Waals surface area (Å²) in [5.74, 6) is -0.896. The molecule has 0 N–H and O–H groups in total. The molecular formula is C68H120O6. The lowest BCUT2D eigenvalue weighted by Gasteiger charge is -2.18. The Kier molecular flexibility index (Phi) is 59.7. The van der Waals surface area contributed by atoms with Gasteiger partial charge in [0.1, 0.15) is 13.2 Å². The van der Waals surface area contributed by atoms with Crippen LogP contribution in [0.2, 0.25) is 0 Å². The maximum atomic E-state index is 12.9. The lowest BCUT2D eigenvalue weighted by Crippen LogP contribution is -2.30. The molecule has 0 saturated heterocycles. The molecule has 0 aromatic carbocycles. The van der Waals surface area contributed by atoms with Crippen LogP contribution in [-0.2, 0) is 28.6 Å². The van der Waals surface area contributed by atoms with Gasteiger partial charge in [-0.2, -0.15) is 0 Å². The summed E-state index contributed by atoms with van der Waals surface area (Å²) in [7, 11) is 0. The largest absolute Gasteiger partial charge is 0.462 e. The Morgan fingerprint density at radius 1 is 0.270 bits per heavy atom. The van der Waals surface area contributed by atoms with Crippen molar-refractivity contribution >= 4 is 17.9 Å². The summed E-state index contributed by atoms with van der Waals surface area (Å²) >= 11 is 0. The van der Waals surface area contributed by atoms with Gasteiger partial charge in [0.05, 0.1) is 0 Å². The zero-order valence-electron chi connectivity index (χ0n) is 49.1. The summed E-state index contributed by atoms with van der Waals surface area (Å²) in [6.45, 7) is 6.61. The van der Waals surface area contributed by atoms with Crippen molar-refractivity contribution in [1.29, 1.82) is 0 Å². The second-order valence-corrected chi connectivity index (χ2v) is 21.3. The van der Waals surface area contributed by atoms with E-state index >= 15 is 0 Å². The highest BCUT2D eigenvalue weighted by Crippen LogP contribution is 2.16. The highest BCUT2D eigenvalue weighted by atomic mass is 16.6. The van der Waals surface area contributed by atoms with E-state index < -0.39 is 6.10 Å². The highest BCUT2D eigenvalue weighted by molar-refractivity contribution is 5.71. The van der Waals surface area contributed by atoms with Crippen LogP contribution in [0, 0.1) is 0 Å². The molecule has 0 radical (unpaired) electrons. The number of unbranched alkanes of at least 4 members (excludes halogenated alkanes) is 35. The molecule has 1 unspecified atom stereocenters. The maximum absolute atomic E-state index is 12.9. The molecule has 0 aliphatic heterocycles. The number of hydrogen-bond acceptors (Lipinski definition) is 6. The van der Waals surface area contributed by atoms with E-state index in [4.69, 9.17) is 14.2 Å². The molecule has 0 aromatic rings. The van der Waals surface area contributed by atoms with Crippen molar-refractivity contribution in [3.05, 3.63) is 72.9 Å². The molecule has 428 valence electrons. The van der Waals surface area contributed by atoms with E-state index in [1.807, 2.05) is 0 Å². The van der Waals surface area contributed by atoms with E-state index in [2.05, 4.69) is 93.7 Å². The van der Waals surface area contributed by atoms with E-state index in [1.54, 1.807) is 0 Å². The van der Waals surface area contributed by atoms with E-state index in [-0.39, 0.29) is 31.1 Å². The second kappa shape index (κ2) is 62.4. The van der Waals surface area contributed by atoms with Crippen LogP contribution in [0.15, 0.2) is 72.9 Å². The fourth-order valence-electron chi connectivity index (χ4n) is 9.06. The van der Waals surface area contributed by atoms with Crippen LogP contribution in [0.5, 0.6) is 0 Å². The first kappa shape index (κ1) is 70.8. The van der Waals surface area contributed by atoms with Crippen molar-refractivity contribution in [2.24, 2.45) is 0 Å². The number of rotatable bonds is 58. The third-order valence-electron chi connectivity index (χ3n) is 13.9. The number of carbonyl (C=O) groups is 3. The summed E-state index contributed by atoms with van der Waals surface area (Å²) in [6.07, 6.45) is 80.4. The molecular weight excluding hydrogens is 913 g/mol. The normalized spacial score (nSPS) is 12.5. The SMILES string of the molecule is CCCCC/C=C\C/C=C\C/C=C\CCCCCCCCC(=O)OC(COC(=O)CCCCCCC/C=C\CCCCCCCCC)COC(=O)CCCCCCCCCCC/C=C\C/C=C\CCCCCCC. The lowest BCUT2D eigenvalue weighted by atomic mass is 10.1. The van der Waals surface area contributed by atoms with Crippen LogP contribution in [-0.4, -0.2) is 37.2 Å². The van der Waals surface area contributed by atoms with Crippen molar-refractivity contribution in [1.82, 2.24) is 0 Å². The van der Waals surface area contributed by atoms with Gasteiger partial charge >= 0.3 is 17.9 Å². The Morgan fingerprint density at radius 2 is 0.486 bits per heavy atom. The first-order chi connectivity index (χ1) is 36.5. The smallest absolute Gasteiger partial charge is 0.306 e. The average Bonchev–Trinajstić information content (AvgIpc) is 3.40. The molecule has 0 spiro atoms. The molecule has 6 nitrogen and oxygen atoms in total. The summed E-state index contributed by atoms with van der Waals surface area (Å²) in [5.41, 5.74) is 0. The van der Waals surface area contributed by atoms with Gasteiger partial charge in [0, 0.05) is 19.3 Å². The molecule has 74 heavy (non-hydrogen) atoms. The second-order valence-electron chi connectivity index (χ2n) is 21.3. The number of allylic oxidation sites excluding steroid dienone is 12. The molecule has 1 atom stereocenters. The number of carbonyl (C=O) groups excluding carboxylic acids is 3. The molecule has 0 bridgehead atoms. The Bertz CT molecular complexity index is 1370. The maximum Gasteiger partial charge on any atom is 0.306 e. The molecule has 0 amide bonds. The standard InChI is InChI=1S/C68H120O6/c1-4-7-10-13-16-19-22-25-28-31-33-34-36-37-40-43-46-49-52-55-58-61-67(70)73-64-65(63-72-66(69)60-57-54-51-48-45-42-39-30-27-24-21-18-15-12-9-6-3)74-68(71)62-59-56-53-50-47-44-41-38-35-32-29-26-23-20-17-14-11-8-5-2/h17,20,22,25-26,29-31,33,35,38-39,65H,4-16,18-19,21,23-24,27-28,32,34,36-37,40-64H2,1-3H3/b20-17-,25-22-,29-26-,33-31-,38-35-,39-30-. The zero-order chi connectivity index (χ0) is 53.6. The van der Waals surface area contributed by atoms with Crippen molar-refractivity contribution in [2.45, 2.75) is 329 Å². The molecule has 0 aromatic heterocycles. The van der Waals surface area contributed by atoms with Crippen LogP contribution in [0.1, 0.15) is 323 Å². The van der Waals surface area contributed by atoms with Gasteiger partial charge in [-0.05, 0) is 116 Å². The third kappa shape index (κ3) is 59.7. The van der Waals surface area contributed by atoms with Gasteiger partial charge < -0.3 is 14.2 Å². The molecule has 0 fully saturated rings. The average molecular weight is 1030 g/mol. The Labute approximate surface area is 459 Å². The van der Waals surface area contributed by atoms with E-state index in [0.717, 1.165) is 96.3 Å². The Balaban J connectivity index is 4.40. The van der Waals surface area contributed by atoms with Gasteiger partial charge in [0.15, 0.2) is 6.10 Å². The molecule has 6 heteroatoms. The molecule has 0 aliphatic rings.